The maximum Gasteiger partial charge on any atom is 0.277 e. The van der Waals surface area contributed by atoms with Crippen molar-refractivity contribution in [3.8, 4) is 0 Å². The Balaban J connectivity index is 2.25. The van der Waals surface area contributed by atoms with Gasteiger partial charge in [-0.1, -0.05) is 29.4 Å². The van der Waals surface area contributed by atoms with Gasteiger partial charge in [0.2, 0.25) is 0 Å². The Hall–Kier alpha value is -1.66. The van der Waals surface area contributed by atoms with E-state index < -0.39 is 5.91 Å². The molecule has 98 valence electrons. The van der Waals surface area contributed by atoms with Crippen molar-refractivity contribution in [1.82, 2.24) is 15.0 Å². The van der Waals surface area contributed by atoms with Crippen LogP contribution in [0.25, 0.3) is 0 Å². The van der Waals surface area contributed by atoms with Crippen molar-refractivity contribution in [2.24, 2.45) is 0 Å². The number of amides is 1. The maximum atomic E-state index is 12.1. The van der Waals surface area contributed by atoms with Gasteiger partial charge in [-0.3, -0.25) is 4.79 Å². The quantitative estimate of drug-likeness (QED) is 0.696. The SMILES string of the molecule is CSc1ncc(Cl)c(C(=O)Nc2cccc(C)n2)n1. The summed E-state index contributed by atoms with van der Waals surface area (Å²) in [6.07, 6.45) is 3.24. The third-order valence-electron chi connectivity index (χ3n) is 2.25. The molecule has 0 aliphatic rings. The second-order valence-electron chi connectivity index (χ2n) is 3.67. The second kappa shape index (κ2) is 5.99. The van der Waals surface area contributed by atoms with Gasteiger partial charge in [-0.2, -0.15) is 0 Å². The van der Waals surface area contributed by atoms with E-state index in [2.05, 4.69) is 20.3 Å². The van der Waals surface area contributed by atoms with E-state index in [1.165, 1.54) is 18.0 Å². The van der Waals surface area contributed by atoms with Crippen molar-refractivity contribution >= 4 is 35.1 Å². The van der Waals surface area contributed by atoms with Crippen LogP contribution in [0.3, 0.4) is 0 Å². The lowest BCUT2D eigenvalue weighted by atomic mass is 10.3. The number of nitrogens with zero attached hydrogens (tertiary/aromatic N) is 3. The number of carbonyl (C=O) groups excluding carboxylic acids is 1. The molecule has 0 saturated carbocycles. The molecule has 0 fully saturated rings. The average Bonchev–Trinajstić information content (AvgIpc) is 2.39. The first-order chi connectivity index (χ1) is 9.10. The average molecular weight is 295 g/mol. The van der Waals surface area contributed by atoms with Gasteiger partial charge in [0.1, 0.15) is 5.82 Å². The highest BCUT2D eigenvalue weighted by Gasteiger charge is 2.14. The molecule has 5 nitrogen and oxygen atoms in total. The number of carbonyl (C=O) groups is 1. The van der Waals surface area contributed by atoms with Gasteiger partial charge in [0, 0.05) is 5.69 Å². The van der Waals surface area contributed by atoms with Crippen LogP contribution in [0.5, 0.6) is 0 Å². The molecule has 1 amide bonds. The molecule has 19 heavy (non-hydrogen) atoms. The number of aryl methyl sites for hydroxylation is 1. The van der Waals surface area contributed by atoms with E-state index in [0.29, 0.717) is 11.0 Å². The van der Waals surface area contributed by atoms with Crippen LogP contribution in [-0.4, -0.2) is 27.1 Å². The lowest BCUT2D eigenvalue weighted by molar-refractivity contribution is 0.102. The van der Waals surface area contributed by atoms with Crippen LogP contribution >= 0.6 is 23.4 Å². The molecule has 0 bridgehead atoms. The van der Waals surface area contributed by atoms with E-state index >= 15 is 0 Å². The zero-order chi connectivity index (χ0) is 13.8. The van der Waals surface area contributed by atoms with Crippen LogP contribution in [0, 0.1) is 6.92 Å². The van der Waals surface area contributed by atoms with Crippen LogP contribution in [0.4, 0.5) is 5.82 Å². The monoisotopic (exact) mass is 294 g/mol. The number of aromatic nitrogens is 3. The highest BCUT2D eigenvalue weighted by molar-refractivity contribution is 7.98. The highest BCUT2D eigenvalue weighted by atomic mass is 35.5. The van der Waals surface area contributed by atoms with E-state index in [0.717, 1.165) is 5.69 Å². The Morgan fingerprint density at radius 1 is 1.37 bits per heavy atom. The Labute approximate surface area is 119 Å². The van der Waals surface area contributed by atoms with Crippen LogP contribution in [-0.2, 0) is 0 Å². The predicted molar refractivity (Wildman–Crippen MR) is 75.8 cm³/mol. The van der Waals surface area contributed by atoms with Crippen LogP contribution < -0.4 is 5.32 Å². The van der Waals surface area contributed by atoms with Crippen molar-refractivity contribution in [2.45, 2.75) is 12.1 Å². The topological polar surface area (TPSA) is 67.8 Å². The summed E-state index contributed by atoms with van der Waals surface area (Å²) in [5.74, 6) is 0.0613. The summed E-state index contributed by atoms with van der Waals surface area (Å²) in [7, 11) is 0. The molecule has 2 rings (SSSR count). The fourth-order valence-electron chi connectivity index (χ4n) is 1.40. The Bertz CT molecular complexity index is 620. The molecule has 0 saturated heterocycles. The molecular weight excluding hydrogens is 284 g/mol. The Morgan fingerprint density at radius 3 is 2.84 bits per heavy atom. The molecule has 0 aliphatic heterocycles. The molecule has 2 aromatic heterocycles. The molecule has 0 aromatic carbocycles. The summed E-state index contributed by atoms with van der Waals surface area (Å²) < 4.78 is 0. The zero-order valence-corrected chi connectivity index (χ0v) is 11.9. The van der Waals surface area contributed by atoms with Crippen molar-refractivity contribution in [2.75, 3.05) is 11.6 Å². The number of rotatable bonds is 3. The van der Waals surface area contributed by atoms with Crippen molar-refractivity contribution < 1.29 is 4.79 Å². The number of hydrogen-bond donors (Lipinski definition) is 1. The molecule has 0 spiro atoms. The molecule has 0 radical (unpaired) electrons. The zero-order valence-electron chi connectivity index (χ0n) is 10.3. The third-order valence-corrected chi connectivity index (χ3v) is 3.09. The number of nitrogens with one attached hydrogen (secondary N) is 1. The minimum absolute atomic E-state index is 0.143. The lowest BCUT2D eigenvalue weighted by Gasteiger charge is -2.06. The van der Waals surface area contributed by atoms with Crippen LogP contribution in [0.1, 0.15) is 16.2 Å². The summed E-state index contributed by atoms with van der Waals surface area (Å²) in [4.78, 5) is 24.3. The molecule has 2 aromatic rings. The number of hydrogen-bond acceptors (Lipinski definition) is 5. The van der Waals surface area contributed by atoms with Gasteiger partial charge in [-0.25, -0.2) is 15.0 Å². The van der Waals surface area contributed by atoms with Crippen molar-refractivity contribution in [3.63, 3.8) is 0 Å². The molecule has 1 N–H and O–H groups in total. The number of thioether (sulfide) groups is 1. The maximum absolute atomic E-state index is 12.1. The van der Waals surface area contributed by atoms with E-state index in [-0.39, 0.29) is 10.7 Å². The third kappa shape index (κ3) is 3.42. The Morgan fingerprint density at radius 2 is 2.16 bits per heavy atom. The minimum Gasteiger partial charge on any atom is -0.305 e. The minimum atomic E-state index is -0.402. The fourth-order valence-corrected chi connectivity index (χ4v) is 1.91. The van der Waals surface area contributed by atoms with Gasteiger partial charge in [0.25, 0.3) is 5.91 Å². The van der Waals surface area contributed by atoms with Crippen LogP contribution in [0.2, 0.25) is 5.02 Å². The molecule has 7 heteroatoms. The van der Waals surface area contributed by atoms with Gasteiger partial charge < -0.3 is 5.32 Å². The van der Waals surface area contributed by atoms with Crippen molar-refractivity contribution in [1.29, 1.82) is 0 Å². The molecule has 2 heterocycles. The molecule has 0 aliphatic carbocycles. The smallest absolute Gasteiger partial charge is 0.277 e. The van der Waals surface area contributed by atoms with E-state index in [1.54, 1.807) is 6.07 Å². The van der Waals surface area contributed by atoms with E-state index in [4.69, 9.17) is 11.6 Å². The van der Waals surface area contributed by atoms with Gasteiger partial charge in [-0.15, -0.1) is 0 Å². The molecular formula is C12H11ClN4OS. The van der Waals surface area contributed by atoms with Crippen LogP contribution in [0.15, 0.2) is 29.6 Å². The summed E-state index contributed by atoms with van der Waals surface area (Å²) >= 11 is 7.27. The summed E-state index contributed by atoms with van der Waals surface area (Å²) in [6, 6.07) is 5.36. The number of anilines is 1. The summed E-state index contributed by atoms with van der Waals surface area (Å²) in [6.45, 7) is 1.85. The first-order valence-corrected chi connectivity index (χ1v) is 7.02. The lowest BCUT2D eigenvalue weighted by Crippen LogP contribution is -2.16. The first kappa shape index (κ1) is 13.8. The molecule has 0 atom stereocenters. The first-order valence-electron chi connectivity index (χ1n) is 5.41. The van der Waals surface area contributed by atoms with Gasteiger partial charge in [0.05, 0.1) is 11.2 Å². The molecule has 0 unspecified atom stereocenters. The summed E-state index contributed by atoms with van der Waals surface area (Å²) in [5.41, 5.74) is 0.959. The number of pyridine rings is 1. The van der Waals surface area contributed by atoms with E-state index in [9.17, 15) is 4.79 Å². The van der Waals surface area contributed by atoms with Crippen molar-refractivity contribution in [3.05, 3.63) is 40.8 Å². The van der Waals surface area contributed by atoms with Gasteiger partial charge in [-0.05, 0) is 25.3 Å². The predicted octanol–water partition coefficient (Wildman–Crippen LogP) is 2.81. The number of halogens is 1. The normalized spacial score (nSPS) is 10.3. The van der Waals surface area contributed by atoms with E-state index in [1.807, 2.05) is 25.3 Å². The Kier molecular flexibility index (Phi) is 4.34. The van der Waals surface area contributed by atoms with Gasteiger partial charge >= 0.3 is 0 Å². The van der Waals surface area contributed by atoms with Gasteiger partial charge in [0.15, 0.2) is 10.9 Å². The highest BCUT2D eigenvalue weighted by Crippen LogP contribution is 2.17. The second-order valence-corrected chi connectivity index (χ2v) is 4.85. The standard InChI is InChI=1S/C12H11ClN4OS/c1-7-4-3-5-9(15-7)16-11(18)10-8(13)6-14-12(17-10)19-2/h3-6H,1-2H3,(H,15,16,18). The fraction of sp³-hybridized carbons (Fsp3) is 0.167. The largest absolute Gasteiger partial charge is 0.305 e. The summed E-state index contributed by atoms with van der Waals surface area (Å²) in [5, 5.41) is 3.36.